The predicted octanol–water partition coefficient (Wildman–Crippen LogP) is 5.47. The smallest absolute Gasteiger partial charge is 0.255 e. The summed E-state index contributed by atoms with van der Waals surface area (Å²) in [4.78, 5) is 0. The molecule has 0 aliphatic carbocycles. The number of benzene rings is 1. The molecule has 0 aliphatic rings. The number of rotatable bonds is 9. The van der Waals surface area contributed by atoms with Crippen molar-refractivity contribution in [1.82, 2.24) is 0 Å². The van der Waals surface area contributed by atoms with Gasteiger partial charge in [0.15, 0.2) is 5.47 Å². The van der Waals surface area contributed by atoms with E-state index in [1.54, 1.807) is 0 Å². The van der Waals surface area contributed by atoms with E-state index in [0.29, 0.717) is 6.61 Å². The highest BCUT2D eigenvalue weighted by atomic mass is 33.2. The Morgan fingerprint density at radius 3 is 1.91 bits per heavy atom. The van der Waals surface area contributed by atoms with Gasteiger partial charge >= 0.3 is 0 Å². The lowest BCUT2D eigenvalue weighted by Gasteiger charge is -2.30. The molecule has 1 rings (SSSR count). The highest BCUT2D eigenvalue weighted by Crippen LogP contribution is 2.79. The second-order valence-corrected chi connectivity index (χ2v) is 17.7. The standard InChI is InChI=1S/C14H24O3P2S3/c1-6-15-18(20,14-10-8-7-9-11-14)22-19(21,16-12(2)3)17-13(4)5/h7-13H,6H2,1-5H3. The molecule has 0 saturated carbocycles. The molecular formula is C14H24O3P2S3. The summed E-state index contributed by atoms with van der Waals surface area (Å²) in [6.07, 6.45) is -0.0316. The predicted molar refractivity (Wildman–Crippen MR) is 106 cm³/mol. The Morgan fingerprint density at radius 2 is 1.50 bits per heavy atom. The van der Waals surface area contributed by atoms with E-state index in [1.807, 2.05) is 65.0 Å². The van der Waals surface area contributed by atoms with Crippen LogP contribution in [0.1, 0.15) is 34.6 Å². The zero-order valence-electron chi connectivity index (χ0n) is 13.6. The van der Waals surface area contributed by atoms with E-state index in [4.69, 9.17) is 37.2 Å². The summed E-state index contributed by atoms with van der Waals surface area (Å²) >= 11 is 13.0. The highest BCUT2D eigenvalue weighted by molar-refractivity contribution is 8.98. The summed E-state index contributed by atoms with van der Waals surface area (Å²) in [5.41, 5.74) is -4.94. The molecule has 0 aromatic heterocycles. The summed E-state index contributed by atoms with van der Waals surface area (Å²) in [6, 6.07) is 9.88. The molecule has 1 unspecified atom stereocenters. The molecule has 0 fully saturated rings. The van der Waals surface area contributed by atoms with Gasteiger partial charge in [0.05, 0.1) is 18.8 Å². The summed E-state index contributed by atoms with van der Waals surface area (Å²) in [6.45, 7) is 10.3. The van der Waals surface area contributed by atoms with Gasteiger partial charge in [-0.1, -0.05) is 42.1 Å². The van der Waals surface area contributed by atoms with Crippen molar-refractivity contribution >= 4 is 51.1 Å². The van der Waals surface area contributed by atoms with E-state index in [2.05, 4.69) is 0 Å². The highest BCUT2D eigenvalue weighted by Gasteiger charge is 2.34. The molecular weight excluding hydrogens is 374 g/mol. The summed E-state index contributed by atoms with van der Waals surface area (Å²) in [5.74, 6) is 0. The van der Waals surface area contributed by atoms with Crippen molar-refractivity contribution in [3.63, 3.8) is 0 Å². The lowest BCUT2D eigenvalue weighted by Crippen LogP contribution is -2.09. The maximum absolute atomic E-state index is 5.96. The zero-order valence-corrected chi connectivity index (χ0v) is 17.8. The Hall–Kier alpha value is 0.750. The van der Waals surface area contributed by atoms with Gasteiger partial charge in [0.25, 0.3) is 5.69 Å². The molecule has 1 aromatic rings. The maximum atomic E-state index is 5.96. The van der Waals surface area contributed by atoms with E-state index in [-0.39, 0.29) is 12.2 Å². The van der Waals surface area contributed by atoms with E-state index < -0.39 is 11.2 Å². The van der Waals surface area contributed by atoms with E-state index in [9.17, 15) is 0 Å². The third-order valence-corrected chi connectivity index (χ3v) is 17.1. The maximum Gasteiger partial charge on any atom is 0.255 e. The first kappa shape index (κ1) is 20.8. The Kier molecular flexibility index (Phi) is 8.78. The van der Waals surface area contributed by atoms with Crippen LogP contribution >= 0.6 is 22.2 Å². The number of hydrogen-bond donors (Lipinski definition) is 0. The van der Waals surface area contributed by atoms with Crippen molar-refractivity contribution in [2.24, 2.45) is 0 Å². The lowest BCUT2D eigenvalue weighted by molar-refractivity contribution is 0.186. The summed E-state index contributed by atoms with van der Waals surface area (Å²) in [7, 11) is 0. The fourth-order valence-electron chi connectivity index (χ4n) is 1.64. The fraction of sp³-hybridized carbons (Fsp3) is 0.571. The monoisotopic (exact) mass is 398 g/mol. The first-order chi connectivity index (χ1) is 10.2. The van der Waals surface area contributed by atoms with Crippen LogP contribution in [0.5, 0.6) is 0 Å². The van der Waals surface area contributed by atoms with Crippen LogP contribution in [0, 0.1) is 0 Å². The molecule has 8 heteroatoms. The van der Waals surface area contributed by atoms with E-state index >= 15 is 0 Å². The number of hydrogen-bond acceptors (Lipinski definition) is 6. The third kappa shape index (κ3) is 6.70. The van der Waals surface area contributed by atoms with Crippen LogP contribution in [-0.2, 0) is 37.2 Å². The van der Waals surface area contributed by atoms with E-state index in [0.717, 1.165) is 5.30 Å². The topological polar surface area (TPSA) is 27.7 Å². The molecule has 1 atom stereocenters. The van der Waals surface area contributed by atoms with Crippen molar-refractivity contribution in [3.8, 4) is 0 Å². The van der Waals surface area contributed by atoms with Crippen LogP contribution in [0.25, 0.3) is 0 Å². The summed E-state index contributed by atoms with van der Waals surface area (Å²) in [5, 5.41) is 0.991. The molecule has 126 valence electrons. The Balaban J connectivity index is 3.14. The van der Waals surface area contributed by atoms with Crippen LogP contribution in [0.15, 0.2) is 30.3 Å². The largest absolute Gasteiger partial charge is 0.338 e. The fourth-order valence-corrected chi connectivity index (χ4v) is 19.5. The molecule has 0 heterocycles. The Bertz CT molecular complexity index is 536. The molecule has 0 saturated heterocycles. The van der Waals surface area contributed by atoms with Gasteiger partial charge in [-0.15, -0.1) is 0 Å². The van der Waals surface area contributed by atoms with Gasteiger partial charge in [-0.3, -0.25) is 0 Å². The van der Waals surface area contributed by atoms with Crippen LogP contribution in [-0.4, -0.2) is 18.8 Å². The second kappa shape index (κ2) is 9.29. The Labute approximate surface area is 148 Å². The van der Waals surface area contributed by atoms with Gasteiger partial charge < -0.3 is 13.6 Å². The second-order valence-electron chi connectivity index (χ2n) is 5.09. The molecule has 0 bridgehead atoms. The van der Waals surface area contributed by atoms with Crippen LogP contribution < -0.4 is 5.30 Å². The van der Waals surface area contributed by atoms with Gasteiger partial charge in [0.1, 0.15) is 0 Å². The first-order valence-corrected chi connectivity index (χ1v) is 14.6. The van der Waals surface area contributed by atoms with Crippen molar-refractivity contribution < 1.29 is 13.6 Å². The van der Waals surface area contributed by atoms with Gasteiger partial charge in [-0.05, 0) is 57.4 Å². The lowest BCUT2D eigenvalue weighted by atomic mass is 10.4. The third-order valence-electron chi connectivity index (χ3n) is 2.26. The van der Waals surface area contributed by atoms with Gasteiger partial charge in [-0.25, -0.2) is 0 Å². The van der Waals surface area contributed by atoms with Crippen LogP contribution in [0.2, 0.25) is 0 Å². The molecule has 0 radical (unpaired) electrons. The molecule has 1 aromatic carbocycles. The van der Waals surface area contributed by atoms with E-state index in [1.165, 1.54) is 11.0 Å². The summed E-state index contributed by atoms with van der Waals surface area (Å²) < 4.78 is 17.9. The molecule has 0 aliphatic heterocycles. The quantitative estimate of drug-likeness (QED) is 0.513. The molecule has 3 nitrogen and oxygen atoms in total. The average Bonchev–Trinajstić information content (AvgIpc) is 2.37. The minimum atomic E-state index is -2.58. The average molecular weight is 398 g/mol. The molecule has 0 amide bonds. The molecule has 22 heavy (non-hydrogen) atoms. The molecule has 0 spiro atoms. The molecule has 0 N–H and O–H groups in total. The van der Waals surface area contributed by atoms with Crippen LogP contribution in [0.3, 0.4) is 0 Å². The minimum absolute atomic E-state index is 0.0158. The van der Waals surface area contributed by atoms with Crippen molar-refractivity contribution in [3.05, 3.63) is 30.3 Å². The first-order valence-electron chi connectivity index (χ1n) is 7.19. The van der Waals surface area contributed by atoms with Gasteiger partial charge in [0, 0.05) is 5.30 Å². The van der Waals surface area contributed by atoms with Crippen LogP contribution in [0.4, 0.5) is 0 Å². The zero-order chi connectivity index (χ0) is 16.8. The minimum Gasteiger partial charge on any atom is -0.338 e. The SMILES string of the molecule is CCOP(=S)(SP(=S)(OC(C)C)OC(C)C)c1ccccc1. The van der Waals surface area contributed by atoms with Crippen molar-refractivity contribution in [1.29, 1.82) is 0 Å². The Morgan fingerprint density at radius 1 is 1.00 bits per heavy atom. The van der Waals surface area contributed by atoms with Gasteiger partial charge in [0.2, 0.25) is 0 Å². The van der Waals surface area contributed by atoms with Crippen molar-refractivity contribution in [2.45, 2.75) is 46.8 Å². The normalized spacial score (nSPS) is 15.2. The van der Waals surface area contributed by atoms with Gasteiger partial charge in [-0.2, -0.15) is 0 Å². The van der Waals surface area contributed by atoms with Crippen molar-refractivity contribution in [2.75, 3.05) is 6.61 Å².